The Morgan fingerprint density at radius 2 is 0.950 bits per heavy atom. The molecule has 0 atom stereocenters. The van der Waals surface area contributed by atoms with Crippen molar-refractivity contribution in [1.82, 2.24) is 0 Å². The van der Waals surface area contributed by atoms with Crippen LogP contribution in [0.2, 0.25) is 0 Å². The minimum atomic E-state index is -1.98. The minimum Gasteiger partial charge on any atom is -0.507 e. The predicted octanol–water partition coefficient (Wildman–Crippen LogP) is 17.3. The van der Waals surface area contributed by atoms with Gasteiger partial charge in [-0.25, -0.2) is 0 Å². The average molecular weight is 831 g/mol. The summed E-state index contributed by atoms with van der Waals surface area (Å²) in [6.07, 6.45) is 12.6. The number of aryl methyl sites for hydroxylation is 2. The second-order valence-electron chi connectivity index (χ2n) is 22.8. The average Bonchev–Trinajstić information content (AvgIpc) is 3.31. The van der Waals surface area contributed by atoms with Crippen LogP contribution in [0.4, 0.5) is 0 Å². The first-order valence-corrected chi connectivity index (χ1v) is 24.3. The molecule has 0 saturated heterocycles. The number of hydrogen-bond acceptors (Lipinski definition) is 4. The Labute approximate surface area is 363 Å². The first kappa shape index (κ1) is 44.4. The van der Waals surface area contributed by atoms with Crippen molar-refractivity contribution in [1.29, 1.82) is 0 Å². The zero-order chi connectivity index (χ0) is 43.5. The molecule has 5 aromatic rings. The van der Waals surface area contributed by atoms with Gasteiger partial charge in [-0.05, 0) is 113 Å². The maximum atomic E-state index is 12.1. The van der Waals surface area contributed by atoms with Gasteiger partial charge in [-0.1, -0.05) is 169 Å². The van der Waals surface area contributed by atoms with Crippen LogP contribution >= 0.6 is 8.24 Å². The van der Waals surface area contributed by atoms with E-state index in [0.717, 1.165) is 81.2 Å². The Bertz CT molecular complexity index is 2310. The third-order valence-electron chi connectivity index (χ3n) is 13.5. The lowest BCUT2D eigenvalue weighted by atomic mass is 9.77. The van der Waals surface area contributed by atoms with Crippen molar-refractivity contribution in [3.63, 3.8) is 0 Å². The molecule has 2 saturated carbocycles. The molecule has 4 nitrogen and oxygen atoms in total. The fraction of sp³-hybridized carbons (Fsp3) is 0.564. The Kier molecular flexibility index (Phi) is 12.3. The summed E-state index contributed by atoms with van der Waals surface area (Å²) < 4.78 is 22.2. The van der Waals surface area contributed by atoms with Gasteiger partial charge in [0, 0.05) is 33.9 Å². The van der Waals surface area contributed by atoms with Gasteiger partial charge < -0.3 is 18.0 Å². The number of fused-ring (bicyclic) bond motifs is 3. The fourth-order valence-corrected chi connectivity index (χ4v) is 11.1. The molecule has 2 aliphatic rings. The van der Waals surface area contributed by atoms with E-state index in [1.807, 2.05) is 0 Å². The molecular formula is C55H75O4P. The number of hydrogen-bond donors (Lipinski definition) is 1. The Balaban J connectivity index is 1.54. The van der Waals surface area contributed by atoms with Gasteiger partial charge in [0.2, 0.25) is 0 Å². The summed E-state index contributed by atoms with van der Waals surface area (Å²) in [4.78, 5) is 0. The van der Waals surface area contributed by atoms with E-state index in [0.29, 0.717) is 24.0 Å². The van der Waals surface area contributed by atoms with Crippen LogP contribution in [-0.4, -0.2) is 5.11 Å². The van der Waals surface area contributed by atoms with Crippen LogP contribution < -0.4 is 4.52 Å². The van der Waals surface area contributed by atoms with Gasteiger partial charge in [-0.3, -0.25) is 0 Å². The van der Waals surface area contributed by atoms with Gasteiger partial charge in [0.05, 0.1) is 0 Å². The summed E-state index contributed by atoms with van der Waals surface area (Å²) in [7, 11) is -1.98. The van der Waals surface area contributed by atoms with Gasteiger partial charge in [-0.15, -0.1) is 0 Å². The summed E-state index contributed by atoms with van der Waals surface area (Å²) in [5.41, 5.74) is 12.8. The maximum absolute atomic E-state index is 12.1. The van der Waals surface area contributed by atoms with Crippen LogP contribution in [0.15, 0.2) is 56.9 Å². The third-order valence-corrected chi connectivity index (χ3v) is 14.5. The molecule has 1 heterocycles. The van der Waals surface area contributed by atoms with Crippen LogP contribution in [-0.2, 0) is 28.1 Å². The molecule has 0 unspecified atom stereocenters. The van der Waals surface area contributed by atoms with E-state index in [2.05, 4.69) is 145 Å². The van der Waals surface area contributed by atoms with E-state index >= 15 is 0 Å². The second kappa shape index (κ2) is 16.6. The lowest BCUT2D eigenvalue weighted by Gasteiger charge is -2.27. The molecule has 1 N–H and O–H groups in total. The van der Waals surface area contributed by atoms with Crippen molar-refractivity contribution in [2.45, 2.75) is 201 Å². The van der Waals surface area contributed by atoms with E-state index in [1.165, 1.54) is 66.3 Å². The molecule has 2 aliphatic carbocycles. The Hall–Kier alpha value is -3.62. The summed E-state index contributed by atoms with van der Waals surface area (Å²) >= 11 is 0. The standard InChI is InChI=1S/C55H75O4P/c1-34-25-38(48(56)42(27-34)36-21-17-15-18-22-36)29-39-26-35(2)28-43(37-23-19-16-20-24-37)49(39)57-60-58-50-44(30-40(52(3,4)5)32-46(50)54(9,10)11)45-31-41(53(6,7)8)33-47(51(45)59-60)55(12,13)14/h25-28,30-33,36-37,56H,15-24,29H2,1-14H3. The lowest BCUT2D eigenvalue weighted by Crippen LogP contribution is -2.17. The molecule has 4 aromatic carbocycles. The molecule has 0 amide bonds. The van der Waals surface area contributed by atoms with Crippen molar-refractivity contribution in [2.24, 2.45) is 0 Å². The van der Waals surface area contributed by atoms with Crippen molar-refractivity contribution in [3.05, 3.63) is 104 Å². The van der Waals surface area contributed by atoms with Gasteiger partial charge in [0.15, 0.2) is 0 Å². The number of phenolic OH excluding ortho intramolecular Hbond substituents is 1. The monoisotopic (exact) mass is 831 g/mol. The van der Waals surface area contributed by atoms with E-state index in [1.54, 1.807) is 0 Å². The molecule has 7 rings (SSSR count). The van der Waals surface area contributed by atoms with Gasteiger partial charge in [0.25, 0.3) is 0 Å². The molecule has 0 radical (unpaired) electrons. The smallest absolute Gasteiger partial charge is 0.453 e. The Morgan fingerprint density at radius 1 is 0.533 bits per heavy atom. The van der Waals surface area contributed by atoms with E-state index in [9.17, 15) is 5.11 Å². The number of aromatic hydroxyl groups is 1. The van der Waals surface area contributed by atoms with E-state index < -0.39 is 8.24 Å². The fourth-order valence-electron chi connectivity index (χ4n) is 9.90. The molecule has 2 fully saturated rings. The van der Waals surface area contributed by atoms with Crippen LogP contribution in [0.25, 0.3) is 21.9 Å². The van der Waals surface area contributed by atoms with Crippen LogP contribution in [0.3, 0.4) is 0 Å². The molecule has 1 aromatic heterocycles. The summed E-state index contributed by atoms with van der Waals surface area (Å²) in [6.45, 7) is 31.9. The minimum absolute atomic E-state index is 0.0814. The van der Waals surface area contributed by atoms with Crippen molar-refractivity contribution < 1.29 is 18.0 Å². The van der Waals surface area contributed by atoms with Gasteiger partial charge in [0.1, 0.15) is 22.7 Å². The Morgan fingerprint density at radius 3 is 1.38 bits per heavy atom. The molecule has 324 valence electrons. The first-order chi connectivity index (χ1) is 28.0. The summed E-state index contributed by atoms with van der Waals surface area (Å²) in [6, 6.07) is 18.5. The summed E-state index contributed by atoms with van der Waals surface area (Å²) in [5.74, 6) is 2.13. The number of rotatable bonds is 6. The van der Waals surface area contributed by atoms with E-state index in [-0.39, 0.29) is 21.7 Å². The second-order valence-corrected chi connectivity index (χ2v) is 23.8. The largest absolute Gasteiger partial charge is 0.507 e. The van der Waals surface area contributed by atoms with Gasteiger partial charge in [-0.2, -0.15) is 0 Å². The molecule has 5 heteroatoms. The maximum Gasteiger partial charge on any atom is 0.453 e. The van der Waals surface area contributed by atoms with E-state index in [4.69, 9.17) is 12.9 Å². The van der Waals surface area contributed by atoms with Crippen LogP contribution in [0.5, 0.6) is 11.5 Å². The molecule has 60 heavy (non-hydrogen) atoms. The topological polar surface area (TPSA) is 55.7 Å². The molecule has 0 aliphatic heterocycles. The highest BCUT2D eigenvalue weighted by Gasteiger charge is 2.31. The summed E-state index contributed by atoms with van der Waals surface area (Å²) in [5, 5.41) is 14.2. The highest BCUT2D eigenvalue weighted by Crippen LogP contribution is 2.50. The molecule has 0 bridgehead atoms. The predicted molar refractivity (Wildman–Crippen MR) is 256 cm³/mol. The zero-order valence-electron chi connectivity index (χ0n) is 39.7. The van der Waals surface area contributed by atoms with Crippen molar-refractivity contribution >= 4 is 30.2 Å². The van der Waals surface area contributed by atoms with Crippen LogP contribution in [0.1, 0.15) is 215 Å². The van der Waals surface area contributed by atoms with Crippen LogP contribution in [0, 0.1) is 13.8 Å². The van der Waals surface area contributed by atoms with Gasteiger partial charge >= 0.3 is 8.24 Å². The normalized spacial score (nSPS) is 16.5. The first-order valence-electron chi connectivity index (χ1n) is 23.2. The molecule has 0 spiro atoms. The van der Waals surface area contributed by atoms with Crippen molar-refractivity contribution in [3.8, 4) is 11.5 Å². The zero-order valence-corrected chi connectivity index (χ0v) is 40.6. The SMILES string of the molecule is Cc1cc(Cc2cc(C)cc(C3CCCCC3)c2Op2oc3c(C(C)(C)C)cc(C(C)(C)C)cc3c3cc(C(C)(C)C)cc(C(C)(C)C)c3o2)c(O)c(C2CCCCC2)c1. The van der Waals surface area contributed by atoms with Crippen molar-refractivity contribution in [2.75, 3.05) is 0 Å². The highest BCUT2D eigenvalue weighted by molar-refractivity contribution is 7.32. The highest BCUT2D eigenvalue weighted by atomic mass is 31.1. The molecular weight excluding hydrogens is 756 g/mol. The third kappa shape index (κ3) is 9.40. The lowest BCUT2D eigenvalue weighted by molar-refractivity contribution is 0.411. The quantitative estimate of drug-likeness (QED) is 0.185. The number of phenols is 1. The number of benzene rings is 4.